The first-order chi connectivity index (χ1) is 15.6. The average Bonchev–Trinajstić information content (AvgIpc) is 2.81. The second kappa shape index (κ2) is 9.64. The lowest BCUT2D eigenvalue weighted by Crippen LogP contribution is -2.35. The summed E-state index contributed by atoms with van der Waals surface area (Å²) in [6, 6.07) is 8.54. The minimum Gasteiger partial charge on any atom is -0.493 e. The van der Waals surface area contributed by atoms with Gasteiger partial charge in [-0.25, -0.2) is 14.4 Å². The Labute approximate surface area is 185 Å². The van der Waals surface area contributed by atoms with Gasteiger partial charge in [0.15, 0.2) is 11.5 Å². The Hall–Kier alpha value is -3.68. The summed E-state index contributed by atoms with van der Waals surface area (Å²) < 4.78 is 25.5. The van der Waals surface area contributed by atoms with E-state index >= 15 is 0 Å². The van der Waals surface area contributed by atoms with Gasteiger partial charge in [-0.05, 0) is 42.8 Å². The summed E-state index contributed by atoms with van der Waals surface area (Å²) in [4.78, 5) is 21.4. The third-order valence-corrected chi connectivity index (χ3v) is 5.49. The van der Waals surface area contributed by atoms with E-state index in [4.69, 9.17) is 9.47 Å². The SMILES string of the molecule is COc1cc2ncnc(Nc3ccc(F)c(C)c3)c2cc1OC1CCN(C=CC=O)CC1. The van der Waals surface area contributed by atoms with Gasteiger partial charge in [0.25, 0.3) is 0 Å². The molecule has 0 radical (unpaired) electrons. The quantitative estimate of drug-likeness (QED) is 0.435. The molecule has 0 aliphatic carbocycles. The number of carbonyl (C=O) groups excluding carboxylic acids is 1. The Balaban J connectivity index is 1.59. The molecule has 2 heterocycles. The molecule has 0 spiro atoms. The number of methoxy groups -OCH3 is 1. The highest BCUT2D eigenvalue weighted by Gasteiger charge is 2.21. The molecule has 1 saturated heterocycles. The van der Waals surface area contributed by atoms with E-state index in [2.05, 4.69) is 20.2 Å². The molecule has 0 saturated carbocycles. The van der Waals surface area contributed by atoms with Gasteiger partial charge >= 0.3 is 0 Å². The molecule has 1 aromatic heterocycles. The minimum atomic E-state index is -0.254. The first kappa shape index (κ1) is 21.5. The second-order valence-corrected chi connectivity index (χ2v) is 7.66. The van der Waals surface area contributed by atoms with Crippen LogP contribution in [0.15, 0.2) is 48.9 Å². The number of hydrogen-bond donors (Lipinski definition) is 1. The van der Waals surface area contributed by atoms with Gasteiger partial charge < -0.3 is 19.7 Å². The second-order valence-electron chi connectivity index (χ2n) is 7.66. The van der Waals surface area contributed by atoms with Gasteiger partial charge in [0.1, 0.15) is 30.4 Å². The third-order valence-electron chi connectivity index (χ3n) is 5.49. The zero-order valence-corrected chi connectivity index (χ0v) is 18.0. The van der Waals surface area contributed by atoms with Crippen LogP contribution in [-0.4, -0.2) is 47.5 Å². The van der Waals surface area contributed by atoms with Gasteiger partial charge in [0.05, 0.1) is 12.6 Å². The van der Waals surface area contributed by atoms with Crippen LogP contribution in [0.4, 0.5) is 15.9 Å². The molecule has 0 bridgehead atoms. The van der Waals surface area contributed by atoms with E-state index in [9.17, 15) is 9.18 Å². The molecule has 0 amide bonds. The summed E-state index contributed by atoms with van der Waals surface area (Å²) in [7, 11) is 1.60. The molecule has 0 atom stereocenters. The minimum absolute atomic E-state index is 0.0306. The van der Waals surface area contributed by atoms with Gasteiger partial charge in [-0.15, -0.1) is 0 Å². The Morgan fingerprint density at radius 1 is 1.16 bits per heavy atom. The van der Waals surface area contributed by atoms with E-state index in [0.717, 1.165) is 43.3 Å². The van der Waals surface area contributed by atoms with Gasteiger partial charge in [-0.1, -0.05) is 0 Å². The van der Waals surface area contributed by atoms with E-state index in [1.807, 2.05) is 18.3 Å². The van der Waals surface area contributed by atoms with E-state index < -0.39 is 0 Å². The standard InChI is InChI=1S/C24H25FN4O3/c1-16-12-17(4-5-20(16)25)28-24-19-13-23(22(31-2)14-21(19)26-15-27-24)32-18-6-9-29(10-7-18)8-3-11-30/h3-5,8,11-15,18H,6-7,9-10H2,1-2H3,(H,26,27,28). The maximum absolute atomic E-state index is 13.6. The molecule has 1 N–H and O–H groups in total. The van der Waals surface area contributed by atoms with E-state index in [-0.39, 0.29) is 11.9 Å². The largest absolute Gasteiger partial charge is 0.493 e. The maximum Gasteiger partial charge on any atom is 0.162 e. The fourth-order valence-electron chi connectivity index (χ4n) is 3.75. The number of aldehydes is 1. The molecular weight excluding hydrogens is 411 g/mol. The Bertz CT molecular complexity index is 1140. The third kappa shape index (κ3) is 4.80. The first-order valence-corrected chi connectivity index (χ1v) is 10.5. The van der Waals surface area contributed by atoms with Crippen LogP contribution in [-0.2, 0) is 4.79 Å². The predicted octanol–water partition coefficient (Wildman–Crippen LogP) is 4.39. The van der Waals surface area contributed by atoms with Crippen molar-refractivity contribution in [2.24, 2.45) is 0 Å². The number of hydrogen-bond acceptors (Lipinski definition) is 7. The summed E-state index contributed by atoms with van der Waals surface area (Å²) in [6.45, 7) is 3.34. The number of anilines is 2. The van der Waals surface area contributed by atoms with Crippen LogP contribution in [0.3, 0.4) is 0 Å². The number of likely N-dealkylation sites (tertiary alicyclic amines) is 1. The number of halogens is 1. The number of rotatable bonds is 7. The molecule has 1 aliphatic rings. The highest BCUT2D eigenvalue weighted by molar-refractivity contribution is 5.93. The van der Waals surface area contributed by atoms with E-state index in [1.54, 1.807) is 26.2 Å². The van der Waals surface area contributed by atoms with Crippen molar-refractivity contribution in [2.45, 2.75) is 25.9 Å². The topological polar surface area (TPSA) is 76.6 Å². The fourth-order valence-corrected chi connectivity index (χ4v) is 3.75. The smallest absolute Gasteiger partial charge is 0.162 e. The van der Waals surface area contributed by atoms with Crippen molar-refractivity contribution < 1.29 is 18.7 Å². The lowest BCUT2D eigenvalue weighted by atomic mass is 10.1. The van der Waals surface area contributed by atoms with Gasteiger partial charge in [0.2, 0.25) is 0 Å². The molecule has 166 valence electrons. The summed E-state index contributed by atoms with van der Waals surface area (Å²) in [5.41, 5.74) is 1.99. The molecule has 7 nitrogen and oxygen atoms in total. The number of fused-ring (bicyclic) bond motifs is 1. The molecule has 3 aromatic rings. The van der Waals surface area contributed by atoms with Crippen molar-refractivity contribution in [2.75, 3.05) is 25.5 Å². The zero-order chi connectivity index (χ0) is 22.5. The normalized spacial score (nSPS) is 14.7. The van der Waals surface area contributed by atoms with Crippen LogP contribution in [0.5, 0.6) is 11.5 Å². The molecule has 1 aliphatic heterocycles. The Morgan fingerprint density at radius 2 is 1.97 bits per heavy atom. The van der Waals surface area contributed by atoms with Crippen molar-refractivity contribution >= 4 is 28.7 Å². The van der Waals surface area contributed by atoms with Crippen LogP contribution in [0, 0.1) is 12.7 Å². The number of carbonyl (C=O) groups is 1. The molecular formula is C24H25FN4O3. The number of aromatic nitrogens is 2. The van der Waals surface area contributed by atoms with Crippen LogP contribution >= 0.6 is 0 Å². The molecule has 1 fully saturated rings. The van der Waals surface area contributed by atoms with Crippen molar-refractivity contribution in [3.8, 4) is 11.5 Å². The highest BCUT2D eigenvalue weighted by atomic mass is 19.1. The van der Waals surface area contributed by atoms with Gasteiger partial charge in [-0.3, -0.25) is 4.79 Å². The number of ether oxygens (including phenoxy) is 2. The monoisotopic (exact) mass is 436 g/mol. The number of nitrogens with one attached hydrogen (secondary N) is 1. The lowest BCUT2D eigenvalue weighted by molar-refractivity contribution is -0.104. The molecule has 0 unspecified atom stereocenters. The van der Waals surface area contributed by atoms with Crippen LogP contribution < -0.4 is 14.8 Å². The van der Waals surface area contributed by atoms with E-state index in [0.29, 0.717) is 28.4 Å². The molecule has 4 rings (SSSR count). The number of aryl methyl sites for hydroxylation is 1. The number of piperidine rings is 1. The van der Waals surface area contributed by atoms with Crippen molar-refractivity contribution in [3.05, 3.63) is 60.3 Å². The molecule has 32 heavy (non-hydrogen) atoms. The number of allylic oxidation sites excluding steroid dienone is 1. The fraction of sp³-hybridized carbons (Fsp3) is 0.292. The van der Waals surface area contributed by atoms with Crippen molar-refractivity contribution in [1.29, 1.82) is 0 Å². The van der Waals surface area contributed by atoms with Gasteiger partial charge in [0, 0.05) is 49.3 Å². The van der Waals surface area contributed by atoms with Crippen molar-refractivity contribution in [1.82, 2.24) is 14.9 Å². The Morgan fingerprint density at radius 3 is 2.69 bits per heavy atom. The van der Waals surface area contributed by atoms with Crippen LogP contribution in [0.25, 0.3) is 10.9 Å². The summed E-state index contributed by atoms with van der Waals surface area (Å²) in [6.07, 6.45) is 7.26. The molecule has 8 heteroatoms. The van der Waals surface area contributed by atoms with Gasteiger partial charge in [-0.2, -0.15) is 0 Å². The molecule has 2 aromatic carbocycles. The lowest BCUT2D eigenvalue weighted by Gasteiger charge is -2.31. The maximum atomic E-state index is 13.6. The first-order valence-electron chi connectivity index (χ1n) is 10.5. The zero-order valence-electron chi connectivity index (χ0n) is 18.0. The van der Waals surface area contributed by atoms with Crippen LogP contribution in [0.1, 0.15) is 18.4 Å². The summed E-state index contributed by atoms with van der Waals surface area (Å²) >= 11 is 0. The summed E-state index contributed by atoms with van der Waals surface area (Å²) in [5.74, 6) is 1.57. The number of nitrogens with zero attached hydrogens (tertiary/aromatic N) is 3. The van der Waals surface area contributed by atoms with Crippen LogP contribution in [0.2, 0.25) is 0 Å². The average molecular weight is 436 g/mol. The highest BCUT2D eigenvalue weighted by Crippen LogP contribution is 2.36. The predicted molar refractivity (Wildman–Crippen MR) is 121 cm³/mol. The van der Waals surface area contributed by atoms with E-state index in [1.165, 1.54) is 18.5 Å². The summed E-state index contributed by atoms with van der Waals surface area (Å²) in [5, 5.41) is 4.03. The van der Waals surface area contributed by atoms with Crippen molar-refractivity contribution in [3.63, 3.8) is 0 Å². The number of benzene rings is 2. The Kier molecular flexibility index (Phi) is 6.49.